The molecule has 0 amide bonds. The van der Waals surface area contributed by atoms with Gasteiger partial charge in [-0.1, -0.05) is 6.07 Å². The summed E-state index contributed by atoms with van der Waals surface area (Å²) in [4.78, 5) is 10.1. The minimum atomic E-state index is -0.819. The van der Waals surface area contributed by atoms with Gasteiger partial charge in [0.2, 0.25) is 5.82 Å². The molecule has 2 rings (SSSR count). The van der Waals surface area contributed by atoms with Crippen LogP contribution >= 0.6 is 0 Å². The van der Waals surface area contributed by atoms with Crippen molar-refractivity contribution in [2.45, 2.75) is 19.4 Å². The Balaban J connectivity index is 2.09. The Labute approximate surface area is 104 Å². The highest BCUT2D eigenvalue weighted by molar-refractivity contribution is 5.61. The van der Waals surface area contributed by atoms with Crippen LogP contribution in [0.15, 0.2) is 18.2 Å². The molecule has 1 heterocycles. The average molecular weight is 254 g/mol. The first kappa shape index (κ1) is 12.8. The molecule has 1 saturated heterocycles. The number of benzene rings is 1. The highest BCUT2D eigenvalue weighted by Gasteiger charge is 2.25. The smallest absolute Gasteiger partial charge is 0.327 e. The number of para-hydroxylation sites is 1. The van der Waals surface area contributed by atoms with E-state index in [2.05, 4.69) is 5.32 Å². The van der Waals surface area contributed by atoms with E-state index in [1.54, 1.807) is 0 Å². The van der Waals surface area contributed by atoms with Gasteiger partial charge in [-0.15, -0.1) is 0 Å². The molecule has 1 aliphatic rings. The molecule has 1 aliphatic heterocycles. The molecule has 0 aliphatic carbocycles. The minimum absolute atomic E-state index is 0.130. The molecule has 1 fully saturated rings. The molecule has 1 aromatic carbocycles. The Kier molecular flexibility index (Phi) is 3.76. The predicted molar refractivity (Wildman–Crippen MR) is 65.1 cm³/mol. The summed E-state index contributed by atoms with van der Waals surface area (Å²) in [6, 6.07) is 4.06. The second-order valence-electron chi connectivity index (χ2n) is 4.40. The Morgan fingerprint density at radius 3 is 3.00 bits per heavy atom. The van der Waals surface area contributed by atoms with Gasteiger partial charge in [0.15, 0.2) is 0 Å². The number of halogens is 1. The fourth-order valence-corrected chi connectivity index (χ4v) is 2.13. The Morgan fingerprint density at radius 1 is 1.61 bits per heavy atom. The monoisotopic (exact) mass is 254 g/mol. The van der Waals surface area contributed by atoms with E-state index in [1.165, 1.54) is 12.1 Å². The lowest BCUT2D eigenvalue weighted by Crippen LogP contribution is -2.21. The lowest BCUT2D eigenvalue weighted by atomic mass is 10.0. The van der Waals surface area contributed by atoms with Crippen LogP contribution in [-0.4, -0.2) is 24.2 Å². The van der Waals surface area contributed by atoms with E-state index in [-0.39, 0.29) is 11.8 Å². The standard InChI is InChI=1S/C12H15FN2O3/c1-8-9(5-6-18-8)7-14-11-4-2-3-10(13)12(11)15(16)17/h2-4,8-9,14H,5-7H2,1H3. The largest absolute Gasteiger partial charge is 0.379 e. The van der Waals surface area contributed by atoms with Gasteiger partial charge in [0.1, 0.15) is 5.69 Å². The van der Waals surface area contributed by atoms with Crippen LogP contribution in [-0.2, 0) is 4.74 Å². The van der Waals surface area contributed by atoms with Gasteiger partial charge in [0.25, 0.3) is 0 Å². The number of nitrogens with one attached hydrogen (secondary N) is 1. The molecular weight excluding hydrogens is 239 g/mol. The fourth-order valence-electron chi connectivity index (χ4n) is 2.13. The van der Waals surface area contributed by atoms with Crippen LogP contribution in [0.5, 0.6) is 0 Å². The van der Waals surface area contributed by atoms with Crippen LogP contribution < -0.4 is 5.32 Å². The lowest BCUT2D eigenvalue weighted by Gasteiger charge is -2.15. The Bertz CT molecular complexity index is 453. The van der Waals surface area contributed by atoms with E-state index in [9.17, 15) is 14.5 Å². The first-order valence-corrected chi connectivity index (χ1v) is 5.88. The van der Waals surface area contributed by atoms with Crippen LogP contribution in [0.1, 0.15) is 13.3 Å². The van der Waals surface area contributed by atoms with Crippen molar-refractivity contribution >= 4 is 11.4 Å². The number of nitro benzene ring substituents is 1. The molecule has 2 atom stereocenters. The van der Waals surface area contributed by atoms with Crippen molar-refractivity contribution in [3.05, 3.63) is 34.1 Å². The quantitative estimate of drug-likeness (QED) is 0.662. The number of rotatable bonds is 4. The van der Waals surface area contributed by atoms with Crippen molar-refractivity contribution < 1.29 is 14.1 Å². The summed E-state index contributed by atoms with van der Waals surface area (Å²) in [6.07, 6.45) is 1.04. The molecular formula is C12H15FN2O3. The third-order valence-electron chi connectivity index (χ3n) is 3.26. The van der Waals surface area contributed by atoms with Crippen LogP contribution in [0.25, 0.3) is 0 Å². The summed E-state index contributed by atoms with van der Waals surface area (Å²) >= 11 is 0. The summed E-state index contributed by atoms with van der Waals surface area (Å²) < 4.78 is 18.8. The Hall–Kier alpha value is -1.69. The third kappa shape index (κ3) is 2.59. The molecule has 0 radical (unpaired) electrons. The molecule has 0 saturated carbocycles. The van der Waals surface area contributed by atoms with E-state index in [0.29, 0.717) is 19.1 Å². The zero-order valence-corrected chi connectivity index (χ0v) is 10.1. The summed E-state index contributed by atoms with van der Waals surface area (Å²) in [7, 11) is 0. The van der Waals surface area contributed by atoms with Gasteiger partial charge in [0.05, 0.1) is 11.0 Å². The maximum Gasteiger partial charge on any atom is 0.327 e. The first-order chi connectivity index (χ1) is 8.59. The van der Waals surface area contributed by atoms with Gasteiger partial charge >= 0.3 is 5.69 Å². The van der Waals surface area contributed by atoms with Crippen molar-refractivity contribution in [2.75, 3.05) is 18.5 Å². The maximum absolute atomic E-state index is 13.4. The fraction of sp³-hybridized carbons (Fsp3) is 0.500. The van der Waals surface area contributed by atoms with Crippen LogP contribution in [0.4, 0.5) is 15.8 Å². The van der Waals surface area contributed by atoms with E-state index in [1.807, 2.05) is 6.92 Å². The van der Waals surface area contributed by atoms with Crippen LogP contribution in [0, 0.1) is 21.8 Å². The zero-order chi connectivity index (χ0) is 13.1. The number of hydrogen-bond acceptors (Lipinski definition) is 4. The summed E-state index contributed by atoms with van der Waals surface area (Å²) in [5.74, 6) is -0.520. The third-order valence-corrected chi connectivity index (χ3v) is 3.26. The predicted octanol–water partition coefficient (Wildman–Crippen LogP) is 2.57. The molecule has 18 heavy (non-hydrogen) atoms. The molecule has 2 unspecified atom stereocenters. The highest BCUT2D eigenvalue weighted by atomic mass is 19.1. The van der Waals surface area contributed by atoms with E-state index < -0.39 is 16.4 Å². The summed E-state index contributed by atoms with van der Waals surface area (Å²) in [6.45, 7) is 3.23. The molecule has 5 nitrogen and oxygen atoms in total. The Morgan fingerprint density at radius 2 is 2.39 bits per heavy atom. The van der Waals surface area contributed by atoms with Crippen molar-refractivity contribution in [2.24, 2.45) is 5.92 Å². The van der Waals surface area contributed by atoms with Gasteiger partial charge in [-0.2, -0.15) is 4.39 Å². The number of nitro groups is 1. The lowest BCUT2D eigenvalue weighted by molar-refractivity contribution is -0.386. The molecule has 0 bridgehead atoms. The van der Waals surface area contributed by atoms with Gasteiger partial charge in [-0.05, 0) is 25.5 Å². The molecule has 1 N–H and O–H groups in total. The summed E-state index contributed by atoms with van der Waals surface area (Å²) in [5, 5.41) is 13.8. The molecule has 0 aromatic heterocycles. The second-order valence-corrected chi connectivity index (χ2v) is 4.40. The van der Waals surface area contributed by atoms with Gasteiger partial charge in [0, 0.05) is 19.1 Å². The van der Waals surface area contributed by atoms with E-state index in [4.69, 9.17) is 4.74 Å². The second kappa shape index (κ2) is 5.30. The highest BCUT2D eigenvalue weighted by Crippen LogP contribution is 2.28. The minimum Gasteiger partial charge on any atom is -0.379 e. The topological polar surface area (TPSA) is 64.4 Å². The average Bonchev–Trinajstić information content (AvgIpc) is 2.71. The normalized spacial score (nSPS) is 23.0. The van der Waals surface area contributed by atoms with Crippen molar-refractivity contribution in [3.8, 4) is 0 Å². The van der Waals surface area contributed by atoms with Crippen molar-refractivity contribution in [1.82, 2.24) is 0 Å². The van der Waals surface area contributed by atoms with Crippen LogP contribution in [0.2, 0.25) is 0 Å². The molecule has 98 valence electrons. The van der Waals surface area contributed by atoms with E-state index >= 15 is 0 Å². The number of ether oxygens (including phenoxy) is 1. The maximum atomic E-state index is 13.4. The van der Waals surface area contributed by atoms with Gasteiger partial charge in [-0.25, -0.2) is 0 Å². The molecule has 6 heteroatoms. The summed E-state index contributed by atoms with van der Waals surface area (Å²) in [5.41, 5.74) is -0.275. The van der Waals surface area contributed by atoms with Crippen LogP contribution in [0.3, 0.4) is 0 Å². The molecule has 0 spiro atoms. The first-order valence-electron chi connectivity index (χ1n) is 5.88. The van der Waals surface area contributed by atoms with Gasteiger partial charge in [-0.3, -0.25) is 10.1 Å². The number of nitrogens with zero attached hydrogens (tertiary/aromatic N) is 1. The van der Waals surface area contributed by atoms with Crippen molar-refractivity contribution in [3.63, 3.8) is 0 Å². The molecule has 1 aromatic rings. The van der Waals surface area contributed by atoms with Crippen molar-refractivity contribution in [1.29, 1.82) is 0 Å². The SMILES string of the molecule is CC1OCCC1CNc1cccc(F)c1[N+](=O)[O-]. The number of hydrogen-bond donors (Lipinski definition) is 1. The van der Waals surface area contributed by atoms with E-state index in [0.717, 1.165) is 12.5 Å². The zero-order valence-electron chi connectivity index (χ0n) is 10.1. The van der Waals surface area contributed by atoms with Gasteiger partial charge < -0.3 is 10.1 Å². The number of anilines is 1.